The molecule has 0 unspecified atom stereocenters. The van der Waals surface area contributed by atoms with E-state index in [0.29, 0.717) is 12.3 Å². The Morgan fingerprint density at radius 3 is 2.47 bits per heavy atom. The zero-order chi connectivity index (χ0) is 13.5. The van der Waals surface area contributed by atoms with Gasteiger partial charge in [-0.25, -0.2) is 0 Å². The van der Waals surface area contributed by atoms with Crippen molar-refractivity contribution in [2.24, 2.45) is 0 Å². The van der Waals surface area contributed by atoms with Gasteiger partial charge >= 0.3 is 0 Å². The van der Waals surface area contributed by atoms with Gasteiger partial charge in [-0.05, 0) is 37.1 Å². The van der Waals surface area contributed by atoms with Crippen LogP contribution < -0.4 is 5.32 Å². The minimum Gasteiger partial charge on any atom is -0.326 e. The van der Waals surface area contributed by atoms with Crippen LogP contribution >= 0.6 is 11.6 Å². The van der Waals surface area contributed by atoms with Gasteiger partial charge in [-0.3, -0.25) is 4.79 Å². The number of unbranched alkanes of at least 4 members (excludes halogenated alkanes) is 1. The maximum absolute atomic E-state index is 11.6. The van der Waals surface area contributed by atoms with Crippen molar-refractivity contribution in [1.29, 1.82) is 0 Å². The molecule has 5 nitrogen and oxygen atoms in total. The van der Waals surface area contributed by atoms with Gasteiger partial charge in [0.2, 0.25) is 5.91 Å². The SMILES string of the molecule is O=C(CCCCCl)Nc1ccc(-n2nccn2)cc1. The predicted octanol–water partition coefficient (Wildman–Crippen LogP) is 2.61. The lowest BCUT2D eigenvalue weighted by atomic mass is 10.2. The molecule has 0 aliphatic carbocycles. The highest BCUT2D eigenvalue weighted by atomic mass is 35.5. The Morgan fingerprint density at radius 2 is 1.84 bits per heavy atom. The molecule has 1 N–H and O–H groups in total. The number of carbonyl (C=O) groups excluding carboxylic acids is 1. The largest absolute Gasteiger partial charge is 0.326 e. The first kappa shape index (κ1) is 13.5. The molecule has 19 heavy (non-hydrogen) atoms. The first-order valence-corrected chi connectivity index (χ1v) is 6.65. The summed E-state index contributed by atoms with van der Waals surface area (Å²) in [5.41, 5.74) is 1.62. The van der Waals surface area contributed by atoms with Gasteiger partial charge in [0.05, 0.1) is 18.1 Å². The van der Waals surface area contributed by atoms with Crippen LogP contribution in [0.1, 0.15) is 19.3 Å². The van der Waals surface area contributed by atoms with E-state index >= 15 is 0 Å². The van der Waals surface area contributed by atoms with E-state index in [4.69, 9.17) is 11.6 Å². The minimum absolute atomic E-state index is 0.00933. The number of anilines is 1. The van der Waals surface area contributed by atoms with E-state index in [0.717, 1.165) is 24.2 Å². The number of hydrogen-bond donors (Lipinski definition) is 1. The predicted molar refractivity (Wildman–Crippen MR) is 74.6 cm³/mol. The van der Waals surface area contributed by atoms with Crippen LogP contribution in [0.5, 0.6) is 0 Å². The standard InChI is InChI=1S/C13H15ClN4O/c14-8-2-1-3-13(19)17-11-4-6-12(7-5-11)18-15-9-10-16-18/h4-7,9-10H,1-3,8H2,(H,17,19). The molecule has 0 atom stereocenters. The van der Waals surface area contributed by atoms with Crippen LogP contribution in [0.25, 0.3) is 5.69 Å². The zero-order valence-electron chi connectivity index (χ0n) is 10.4. The van der Waals surface area contributed by atoms with Gasteiger partial charge in [0, 0.05) is 18.0 Å². The Balaban J connectivity index is 1.90. The Morgan fingerprint density at radius 1 is 1.16 bits per heavy atom. The number of halogens is 1. The van der Waals surface area contributed by atoms with Gasteiger partial charge in [0.25, 0.3) is 0 Å². The molecular weight excluding hydrogens is 264 g/mol. The summed E-state index contributed by atoms with van der Waals surface area (Å²) in [7, 11) is 0. The second kappa shape index (κ2) is 6.89. The van der Waals surface area contributed by atoms with E-state index in [1.807, 2.05) is 24.3 Å². The van der Waals surface area contributed by atoms with Crippen LogP contribution in [-0.2, 0) is 4.79 Å². The van der Waals surface area contributed by atoms with Crippen molar-refractivity contribution in [3.05, 3.63) is 36.7 Å². The van der Waals surface area contributed by atoms with E-state index in [-0.39, 0.29) is 5.91 Å². The maximum Gasteiger partial charge on any atom is 0.224 e. The second-order valence-corrected chi connectivity index (χ2v) is 4.44. The first-order chi connectivity index (χ1) is 9.29. The summed E-state index contributed by atoms with van der Waals surface area (Å²) >= 11 is 5.57. The van der Waals surface area contributed by atoms with Crippen LogP contribution in [0.3, 0.4) is 0 Å². The Kier molecular flexibility index (Phi) is 4.92. The summed E-state index contributed by atoms with van der Waals surface area (Å²) in [4.78, 5) is 13.1. The average molecular weight is 279 g/mol. The highest BCUT2D eigenvalue weighted by Crippen LogP contribution is 2.12. The minimum atomic E-state index is 0.00933. The second-order valence-electron chi connectivity index (χ2n) is 4.06. The van der Waals surface area contributed by atoms with Crippen molar-refractivity contribution in [1.82, 2.24) is 15.0 Å². The number of hydrogen-bond acceptors (Lipinski definition) is 3. The van der Waals surface area contributed by atoms with Crippen molar-refractivity contribution in [3.8, 4) is 5.69 Å². The fourth-order valence-corrected chi connectivity index (χ4v) is 1.82. The summed E-state index contributed by atoms with van der Waals surface area (Å²) in [5, 5.41) is 10.9. The fraction of sp³-hybridized carbons (Fsp3) is 0.308. The molecule has 0 aliphatic rings. The Hall–Kier alpha value is -1.88. The lowest BCUT2D eigenvalue weighted by molar-refractivity contribution is -0.116. The van der Waals surface area contributed by atoms with E-state index in [1.54, 1.807) is 12.4 Å². The Labute approximate surface area is 116 Å². The molecule has 2 aromatic rings. The quantitative estimate of drug-likeness (QED) is 0.653. The molecule has 0 aliphatic heterocycles. The summed E-state index contributed by atoms with van der Waals surface area (Å²) < 4.78 is 0. The smallest absolute Gasteiger partial charge is 0.224 e. The molecule has 1 aromatic heterocycles. The van der Waals surface area contributed by atoms with Gasteiger partial charge in [0.15, 0.2) is 0 Å². The van der Waals surface area contributed by atoms with Crippen LogP contribution in [0, 0.1) is 0 Å². The topological polar surface area (TPSA) is 59.8 Å². The summed E-state index contributed by atoms with van der Waals surface area (Å²) in [6, 6.07) is 7.37. The highest BCUT2D eigenvalue weighted by Gasteiger charge is 2.03. The summed E-state index contributed by atoms with van der Waals surface area (Å²) in [6.45, 7) is 0. The van der Waals surface area contributed by atoms with Gasteiger partial charge in [-0.2, -0.15) is 15.0 Å². The van der Waals surface area contributed by atoms with Crippen molar-refractivity contribution >= 4 is 23.2 Å². The van der Waals surface area contributed by atoms with E-state index in [1.165, 1.54) is 4.80 Å². The maximum atomic E-state index is 11.6. The Bertz CT molecular complexity index is 510. The molecule has 0 fully saturated rings. The number of rotatable bonds is 6. The van der Waals surface area contributed by atoms with Crippen molar-refractivity contribution < 1.29 is 4.79 Å². The van der Waals surface area contributed by atoms with Crippen LogP contribution in [0.15, 0.2) is 36.7 Å². The van der Waals surface area contributed by atoms with Gasteiger partial charge in [-0.1, -0.05) is 0 Å². The van der Waals surface area contributed by atoms with Crippen LogP contribution in [-0.4, -0.2) is 26.8 Å². The third-order valence-electron chi connectivity index (χ3n) is 2.59. The first-order valence-electron chi connectivity index (χ1n) is 6.12. The van der Waals surface area contributed by atoms with E-state index in [2.05, 4.69) is 15.5 Å². The van der Waals surface area contributed by atoms with Gasteiger partial charge in [0.1, 0.15) is 0 Å². The van der Waals surface area contributed by atoms with E-state index in [9.17, 15) is 4.79 Å². The number of amides is 1. The number of benzene rings is 1. The molecule has 1 aromatic carbocycles. The molecule has 0 radical (unpaired) electrons. The number of carbonyl (C=O) groups is 1. The average Bonchev–Trinajstić information content (AvgIpc) is 2.94. The summed E-state index contributed by atoms with van der Waals surface area (Å²) in [5.74, 6) is 0.605. The molecule has 2 rings (SSSR count). The van der Waals surface area contributed by atoms with Crippen molar-refractivity contribution in [3.63, 3.8) is 0 Å². The molecule has 0 spiro atoms. The number of nitrogens with zero attached hydrogens (tertiary/aromatic N) is 3. The van der Waals surface area contributed by atoms with Crippen molar-refractivity contribution in [2.45, 2.75) is 19.3 Å². The van der Waals surface area contributed by atoms with Crippen LogP contribution in [0.4, 0.5) is 5.69 Å². The molecule has 0 saturated carbocycles. The lowest BCUT2D eigenvalue weighted by Crippen LogP contribution is -2.11. The molecule has 0 bridgehead atoms. The van der Waals surface area contributed by atoms with E-state index < -0.39 is 0 Å². The highest BCUT2D eigenvalue weighted by molar-refractivity contribution is 6.17. The van der Waals surface area contributed by atoms with Gasteiger partial charge < -0.3 is 5.32 Å². The third kappa shape index (κ3) is 4.06. The summed E-state index contributed by atoms with van der Waals surface area (Å²) in [6.07, 6.45) is 5.40. The van der Waals surface area contributed by atoms with Crippen LogP contribution in [0.2, 0.25) is 0 Å². The lowest BCUT2D eigenvalue weighted by Gasteiger charge is -2.06. The normalized spacial score (nSPS) is 10.4. The van der Waals surface area contributed by atoms with Gasteiger partial charge in [-0.15, -0.1) is 11.6 Å². The number of nitrogens with one attached hydrogen (secondary N) is 1. The molecule has 6 heteroatoms. The molecule has 100 valence electrons. The monoisotopic (exact) mass is 278 g/mol. The molecular formula is C13H15ClN4O. The third-order valence-corrected chi connectivity index (χ3v) is 2.86. The van der Waals surface area contributed by atoms with Crippen molar-refractivity contribution in [2.75, 3.05) is 11.2 Å². The molecule has 1 heterocycles. The zero-order valence-corrected chi connectivity index (χ0v) is 11.2. The number of alkyl halides is 1. The fourth-order valence-electron chi connectivity index (χ4n) is 1.63. The molecule has 1 amide bonds. The number of aromatic nitrogens is 3. The molecule has 0 saturated heterocycles.